The second kappa shape index (κ2) is 9.75. The van der Waals surface area contributed by atoms with Crippen molar-refractivity contribution in [3.05, 3.63) is 146 Å². The Hall–Kier alpha value is -6.07. The third-order valence-electron chi connectivity index (χ3n) is 8.28. The van der Waals surface area contributed by atoms with Gasteiger partial charge in [-0.15, -0.1) is 0 Å². The van der Waals surface area contributed by atoms with E-state index in [0.717, 1.165) is 66.0 Å². The van der Waals surface area contributed by atoms with E-state index in [1.807, 2.05) is 60.7 Å². The Balaban J connectivity index is 1.38. The third kappa shape index (κ3) is 3.76. The minimum absolute atomic E-state index is 0.569. The number of hydrogen-bond acceptors (Lipinski definition) is 4. The first-order valence-electron chi connectivity index (χ1n) is 14.6. The molecule has 9 rings (SSSR count). The Bertz CT molecular complexity index is 2440. The summed E-state index contributed by atoms with van der Waals surface area (Å²) in [6, 6.07) is 49.7. The van der Waals surface area contributed by atoms with Gasteiger partial charge in [-0.3, -0.25) is 4.57 Å². The predicted molar refractivity (Wildman–Crippen MR) is 178 cm³/mol. The van der Waals surface area contributed by atoms with E-state index in [0.29, 0.717) is 17.6 Å². The maximum Gasteiger partial charge on any atom is 0.238 e. The van der Waals surface area contributed by atoms with Gasteiger partial charge in [0.05, 0.1) is 11.0 Å². The summed E-state index contributed by atoms with van der Waals surface area (Å²) >= 11 is 0. The van der Waals surface area contributed by atoms with Crippen molar-refractivity contribution in [3.8, 4) is 39.9 Å². The summed E-state index contributed by atoms with van der Waals surface area (Å²) in [6.07, 6.45) is 0. The lowest BCUT2D eigenvalue weighted by Crippen LogP contribution is -2.06. The monoisotopic (exact) mass is 564 g/mol. The van der Waals surface area contributed by atoms with Crippen LogP contribution in [0.2, 0.25) is 0 Å². The molecular formula is C39H24N4O. The first kappa shape index (κ1) is 24.5. The molecule has 0 amide bonds. The van der Waals surface area contributed by atoms with E-state index >= 15 is 0 Å². The molecular weight excluding hydrogens is 540 g/mol. The van der Waals surface area contributed by atoms with Crippen LogP contribution >= 0.6 is 0 Å². The number of furan rings is 1. The molecule has 0 N–H and O–H groups in total. The number of rotatable bonds is 4. The number of nitrogens with zero attached hydrogens (tertiary/aromatic N) is 4. The molecule has 3 aromatic heterocycles. The van der Waals surface area contributed by atoms with Crippen LogP contribution in [-0.2, 0) is 0 Å². The number of para-hydroxylation sites is 2. The van der Waals surface area contributed by atoms with Crippen LogP contribution in [0.4, 0.5) is 0 Å². The van der Waals surface area contributed by atoms with Gasteiger partial charge in [0.1, 0.15) is 11.2 Å². The highest BCUT2D eigenvalue weighted by Gasteiger charge is 2.21. The SMILES string of the molecule is c1ccc(-c2nc(-c3cccc4oc5cccc(-c6ccccc6)c5c34)nc(-n3c4ccccc4c4ccccc43)n2)cc1. The number of aromatic nitrogens is 4. The van der Waals surface area contributed by atoms with Crippen molar-refractivity contribution in [1.29, 1.82) is 0 Å². The quantitative estimate of drug-likeness (QED) is 0.213. The molecule has 0 aliphatic carbocycles. The molecule has 0 unspecified atom stereocenters. The van der Waals surface area contributed by atoms with E-state index in [-0.39, 0.29) is 0 Å². The summed E-state index contributed by atoms with van der Waals surface area (Å²) in [4.78, 5) is 15.4. The maximum atomic E-state index is 6.43. The van der Waals surface area contributed by atoms with Crippen molar-refractivity contribution in [2.75, 3.05) is 0 Å². The Morgan fingerprint density at radius 2 is 0.932 bits per heavy atom. The average molecular weight is 565 g/mol. The van der Waals surface area contributed by atoms with Crippen LogP contribution in [-0.4, -0.2) is 19.5 Å². The van der Waals surface area contributed by atoms with Crippen LogP contribution in [0.15, 0.2) is 150 Å². The smallest absolute Gasteiger partial charge is 0.238 e. The van der Waals surface area contributed by atoms with Gasteiger partial charge >= 0.3 is 0 Å². The van der Waals surface area contributed by atoms with Gasteiger partial charge in [0.15, 0.2) is 11.6 Å². The summed E-state index contributed by atoms with van der Waals surface area (Å²) in [7, 11) is 0. The van der Waals surface area contributed by atoms with Crippen LogP contribution in [0.3, 0.4) is 0 Å². The molecule has 3 heterocycles. The van der Waals surface area contributed by atoms with E-state index < -0.39 is 0 Å². The summed E-state index contributed by atoms with van der Waals surface area (Å²) in [5, 5.41) is 4.34. The first-order valence-corrected chi connectivity index (χ1v) is 14.6. The molecule has 5 heteroatoms. The molecule has 0 radical (unpaired) electrons. The summed E-state index contributed by atoms with van der Waals surface area (Å²) in [5.74, 6) is 1.77. The Morgan fingerprint density at radius 1 is 0.409 bits per heavy atom. The molecule has 0 aliphatic heterocycles. The normalized spacial score (nSPS) is 11.6. The van der Waals surface area contributed by atoms with E-state index in [9.17, 15) is 0 Å². The lowest BCUT2D eigenvalue weighted by molar-refractivity contribution is 0.669. The van der Waals surface area contributed by atoms with Crippen molar-refractivity contribution in [1.82, 2.24) is 19.5 Å². The molecule has 0 aliphatic rings. The molecule has 5 nitrogen and oxygen atoms in total. The van der Waals surface area contributed by atoms with Gasteiger partial charge in [0, 0.05) is 32.7 Å². The second-order valence-corrected chi connectivity index (χ2v) is 10.8. The Labute approximate surface area is 252 Å². The minimum atomic E-state index is 0.569. The second-order valence-electron chi connectivity index (χ2n) is 10.8. The number of benzene rings is 6. The molecule has 44 heavy (non-hydrogen) atoms. The topological polar surface area (TPSA) is 56.7 Å². The lowest BCUT2D eigenvalue weighted by atomic mass is 9.97. The van der Waals surface area contributed by atoms with Crippen LogP contribution < -0.4 is 0 Å². The van der Waals surface area contributed by atoms with Gasteiger partial charge in [0.2, 0.25) is 5.95 Å². The van der Waals surface area contributed by atoms with Crippen LogP contribution in [0.25, 0.3) is 83.6 Å². The Kier molecular flexibility index (Phi) is 5.43. The van der Waals surface area contributed by atoms with Crippen molar-refractivity contribution in [2.45, 2.75) is 0 Å². The van der Waals surface area contributed by atoms with E-state index in [4.69, 9.17) is 19.4 Å². The lowest BCUT2D eigenvalue weighted by Gasteiger charge is -2.11. The van der Waals surface area contributed by atoms with Crippen LogP contribution in [0, 0.1) is 0 Å². The zero-order valence-corrected chi connectivity index (χ0v) is 23.6. The summed E-state index contributed by atoms with van der Waals surface area (Å²) in [6.45, 7) is 0. The van der Waals surface area contributed by atoms with Gasteiger partial charge in [-0.1, -0.05) is 121 Å². The summed E-state index contributed by atoms with van der Waals surface area (Å²) < 4.78 is 8.58. The fourth-order valence-corrected chi connectivity index (χ4v) is 6.35. The van der Waals surface area contributed by atoms with Gasteiger partial charge in [-0.05, 0) is 35.4 Å². The molecule has 0 saturated heterocycles. The van der Waals surface area contributed by atoms with Gasteiger partial charge < -0.3 is 4.42 Å². The largest absolute Gasteiger partial charge is 0.456 e. The highest BCUT2D eigenvalue weighted by molar-refractivity contribution is 6.17. The van der Waals surface area contributed by atoms with Gasteiger partial charge in [-0.25, -0.2) is 4.98 Å². The molecule has 206 valence electrons. The highest BCUT2D eigenvalue weighted by atomic mass is 16.3. The van der Waals surface area contributed by atoms with Gasteiger partial charge in [0.25, 0.3) is 0 Å². The van der Waals surface area contributed by atoms with Crippen LogP contribution in [0.5, 0.6) is 0 Å². The average Bonchev–Trinajstić information content (AvgIpc) is 3.65. The van der Waals surface area contributed by atoms with Crippen molar-refractivity contribution < 1.29 is 4.42 Å². The predicted octanol–water partition coefficient (Wildman–Crippen LogP) is 9.87. The molecule has 0 fully saturated rings. The molecule has 0 saturated carbocycles. The van der Waals surface area contributed by atoms with Crippen molar-refractivity contribution in [2.24, 2.45) is 0 Å². The van der Waals surface area contributed by atoms with Crippen LogP contribution in [0.1, 0.15) is 0 Å². The minimum Gasteiger partial charge on any atom is -0.456 e. The van der Waals surface area contributed by atoms with E-state index in [1.54, 1.807) is 0 Å². The van der Waals surface area contributed by atoms with E-state index in [1.165, 1.54) is 0 Å². The van der Waals surface area contributed by atoms with E-state index in [2.05, 4.69) is 89.5 Å². The first-order chi connectivity index (χ1) is 21.8. The summed E-state index contributed by atoms with van der Waals surface area (Å²) in [5.41, 5.74) is 7.76. The fraction of sp³-hybridized carbons (Fsp3) is 0. The zero-order chi connectivity index (χ0) is 29.0. The molecule has 0 spiro atoms. The van der Waals surface area contributed by atoms with Crippen molar-refractivity contribution >= 4 is 43.7 Å². The van der Waals surface area contributed by atoms with Gasteiger partial charge in [-0.2, -0.15) is 9.97 Å². The van der Waals surface area contributed by atoms with Crippen molar-refractivity contribution in [3.63, 3.8) is 0 Å². The molecule has 6 aromatic carbocycles. The maximum absolute atomic E-state index is 6.43. The fourth-order valence-electron chi connectivity index (χ4n) is 6.35. The molecule has 0 bridgehead atoms. The third-order valence-corrected chi connectivity index (χ3v) is 8.28. The standard InChI is InChI=1S/C39H24N4O/c1-3-13-25(14-4-1)27-19-11-23-33-35(27)36-30(20-12-24-34(36)44-33)38-40-37(26-15-5-2-6-16-26)41-39(42-38)43-31-21-9-7-17-28(31)29-18-8-10-22-32(29)43/h1-24H. The number of hydrogen-bond donors (Lipinski definition) is 0. The zero-order valence-electron chi connectivity index (χ0n) is 23.6. The number of fused-ring (bicyclic) bond motifs is 6. The molecule has 9 aromatic rings. The molecule has 0 atom stereocenters. The Morgan fingerprint density at radius 3 is 1.59 bits per heavy atom. The highest BCUT2D eigenvalue weighted by Crippen LogP contribution is 2.41.